The second-order valence-electron chi connectivity index (χ2n) is 4.83. The smallest absolute Gasteiger partial charge is 0.165 e. The van der Waals surface area contributed by atoms with Crippen LogP contribution in [0.5, 0.6) is 5.75 Å². The van der Waals surface area contributed by atoms with Crippen LogP contribution in [0, 0.1) is 5.82 Å². The van der Waals surface area contributed by atoms with E-state index in [0.717, 1.165) is 26.1 Å². The number of nitrogens with zero attached hydrogens (tertiary/aromatic N) is 2. The molecule has 1 aromatic rings. The number of phenols is 1. The third-order valence-corrected chi connectivity index (χ3v) is 2.87. The fourth-order valence-electron chi connectivity index (χ4n) is 1.86. The summed E-state index contributed by atoms with van der Waals surface area (Å²) in [6.07, 6.45) is 1.05. The quantitative estimate of drug-likeness (QED) is 0.809. The van der Waals surface area contributed by atoms with Crippen LogP contribution in [0.1, 0.15) is 18.9 Å². The van der Waals surface area contributed by atoms with E-state index in [4.69, 9.17) is 0 Å². The Kier molecular flexibility index (Phi) is 6.09. The topological polar surface area (TPSA) is 26.7 Å². The molecule has 3 nitrogen and oxygen atoms in total. The Bertz CT molecular complexity index is 369. The molecule has 0 atom stereocenters. The largest absolute Gasteiger partial charge is 0.505 e. The van der Waals surface area contributed by atoms with Gasteiger partial charge in [-0.2, -0.15) is 0 Å². The second-order valence-corrected chi connectivity index (χ2v) is 4.83. The van der Waals surface area contributed by atoms with Gasteiger partial charge in [-0.1, -0.05) is 19.1 Å². The molecule has 0 unspecified atom stereocenters. The molecule has 0 aromatic heterocycles. The summed E-state index contributed by atoms with van der Waals surface area (Å²) < 4.78 is 13.3. The van der Waals surface area contributed by atoms with E-state index in [1.807, 2.05) is 14.1 Å². The number of aromatic hydroxyl groups is 1. The summed E-state index contributed by atoms with van der Waals surface area (Å²) in [7, 11) is 4.06. The van der Waals surface area contributed by atoms with E-state index >= 15 is 0 Å². The van der Waals surface area contributed by atoms with Crippen molar-refractivity contribution in [3.05, 3.63) is 29.6 Å². The van der Waals surface area contributed by atoms with Gasteiger partial charge in [0.15, 0.2) is 11.6 Å². The lowest BCUT2D eigenvalue weighted by atomic mass is 10.1. The number of para-hydroxylation sites is 1. The molecule has 102 valence electrons. The average molecular weight is 254 g/mol. The molecule has 1 aromatic carbocycles. The summed E-state index contributed by atoms with van der Waals surface area (Å²) in [6, 6.07) is 4.69. The molecular formula is C14H23FN2O. The number of halogens is 1. The lowest BCUT2D eigenvalue weighted by Crippen LogP contribution is -2.32. The minimum Gasteiger partial charge on any atom is -0.505 e. The van der Waals surface area contributed by atoms with Crippen molar-refractivity contribution < 1.29 is 9.50 Å². The minimum atomic E-state index is -0.545. The van der Waals surface area contributed by atoms with E-state index in [1.54, 1.807) is 12.1 Å². The predicted molar refractivity (Wildman–Crippen MR) is 72.2 cm³/mol. The van der Waals surface area contributed by atoms with Gasteiger partial charge in [0, 0.05) is 25.2 Å². The summed E-state index contributed by atoms with van der Waals surface area (Å²) in [5.74, 6) is -0.764. The molecule has 0 aliphatic rings. The second kappa shape index (κ2) is 7.34. The van der Waals surface area contributed by atoms with Gasteiger partial charge in [-0.15, -0.1) is 0 Å². The highest BCUT2D eigenvalue weighted by Crippen LogP contribution is 2.22. The highest BCUT2D eigenvalue weighted by molar-refractivity contribution is 5.33. The highest BCUT2D eigenvalue weighted by atomic mass is 19.1. The van der Waals surface area contributed by atoms with Gasteiger partial charge in [-0.25, -0.2) is 4.39 Å². The lowest BCUT2D eigenvalue weighted by Gasteiger charge is -2.24. The molecule has 4 heteroatoms. The van der Waals surface area contributed by atoms with Crippen LogP contribution < -0.4 is 0 Å². The number of hydrogen-bond acceptors (Lipinski definition) is 3. The van der Waals surface area contributed by atoms with Crippen molar-refractivity contribution in [3.8, 4) is 5.75 Å². The zero-order valence-corrected chi connectivity index (χ0v) is 11.5. The van der Waals surface area contributed by atoms with Gasteiger partial charge >= 0.3 is 0 Å². The van der Waals surface area contributed by atoms with Gasteiger partial charge in [0.1, 0.15) is 0 Å². The first-order chi connectivity index (χ1) is 8.54. The molecule has 1 N–H and O–H groups in total. The molecule has 18 heavy (non-hydrogen) atoms. The average Bonchev–Trinajstić information content (AvgIpc) is 2.32. The first-order valence-electron chi connectivity index (χ1n) is 6.38. The van der Waals surface area contributed by atoms with Gasteiger partial charge in [-0.05, 0) is 33.1 Å². The molecule has 0 heterocycles. The molecule has 0 saturated heterocycles. The first kappa shape index (κ1) is 14.9. The first-order valence-corrected chi connectivity index (χ1v) is 6.38. The van der Waals surface area contributed by atoms with Gasteiger partial charge in [-0.3, -0.25) is 4.90 Å². The van der Waals surface area contributed by atoms with Crippen molar-refractivity contribution in [1.82, 2.24) is 9.80 Å². The molecule has 0 bridgehead atoms. The van der Waals surface area contributed by atoms with Crippen LogP contribution in [0.25, 0.3) is 0 Å². The number of hydrogen-bond donors (Lipinski definition) is 1. The van der Waals surface area contributed by atoms with Crippen molar-refractivity contribution in [2.45, 2.75) is 19.9 Å². The Morgan fingerprint density at radius 2 is 1.89 bits per heavy atom. The molecule has 1 rings (SSSR count). The zero-order chi connectivity index (χ0) is 13.5. The Labute approximate surface area is 109 Å². The van der Waals surface area contributed by atoms with E-state index in [1.165, 1.54) is 6.07 Å². The zero-order valence-electron chi connectivity index (χ0n) is 11.5. The third kappa shape index (κ3) is 4.63. The van der Waals surface area contributed by atoms with Crippen LogP contribution in [-0.2, 0) is 6.54 Å². The normalized spacial score (nSPS) is 11.4. The monoisotopic (exact) mass is 254 g/mol. The Morgan fingerprint density at radius 3 is 2.50 bits per heavy atom. The molecule has 0 spiro atoms. The Hall–Kier alpha value is -1.13. The third-order valence-electron chi connectivity index (χ3n) is 2.87. The molecule has 0 radical (unpaired) electrons. The fourth-order valence-corrected chi connectivity index (χ4v) is 1.86. The van der Waals surface area contributed by atoms with Crippen molar-refractivity contribution >= 4 is 0 Å². The van der Waals surface area contributed by atoms with Crippen LogP contribution in [0.2, 0.25) is 0 Å². The van der Waals surface area contributed by atoms with Crippen molar-refractivity contribution in [2.75, 3.05) is 33.7 Å². The minimum absolute atomic E-state index is 0.219. The van der Waals surface area contributed by atoms with E-state index in [0.29, 0.717) is 12.1 Å². The molecule has 0 aliphatic carbocycles. The molecule has 0 aliphatic heterocycles. The predicted octanol–water partition coefficient (Wildman–Crippen LogP) is 2.30. The van der Waals surface area contributed by atoms with Crippen LogP contribution >= 0.6 is 0 Å². The van der Waals surface area contributed by atoms with Gasteiger partial charge in [0.25, 0.3) is 0 Å². The SMILES string of the molecule is CCCN(CCN(C)C)Cc1cccc(F)c1O. The van der Waals surface area contributed by atoms with Gasteiger partial charge in [0.2, 0.25) is 0 Å². The Balaban J connectivity index is 2.67. The maximum atomic E-state index is 13.3. The van der Waals surface area contributed by atoms with Crippen molar-refractivity contribution in [2.24, 2.45) is 0 Å². The van der Waals surface area contributed by atoms with E-state index in [2.05, 4.69) is 16.7 Å². The van der Waals surface area contributed by atoms with Crippen molar-refractivity contribution in [3.63, 3.8) is 0 Å². The van der Waals surface area contributed by atoms with Crippen LogP contribution in [0.3, 0.4) is 0 Å². The fraction of sp³-hybridized carbons (Fsp3) is 0.571. The number of likely N-dealkylation sites (N-methyl/N-ethyl adjacent to an activating group) is 1. The van der Waals surface area contributed by atoms with E-state index in [9.17, 15) is 9.50 Å². The van der Waals surface area contributed by atoms with Crippen LogP contribution in [0.15, 0.2) is 18.2 Å². The van der Waals surface area contributed by atoms with E-state index in [-0.39, 0.29) is 5.75 Å². The number of rotatable bonds is 7. The van der Waals surface area contributed by atoms with Gasteiger partial charge < -0.3 is 10.0 Å². The van der Waals surface area contributed by atoms with Crippen molar-refractivity contribution in [1.29, 1.82) is 0 Å². The van der Waals surface area contributed by atoms with E-state index < -0.39 is 5.82 Å². The van der Waals surface area contributed by atoms with Gasteiger partial charge in [0.05, 0.1) is 0 Å². The summed E-state index contributed by atoms with van der Waals surface area (Å²) in [6.45, 7) is 5.52. The highest BCUT2D eigenvalue weighted by Gasteiger charge is 2.11. The lowest BCUT2D eigenvalue weighted by molar-refractivity contribution is 0.231. The molecular weight excluding hydrogens is 231 g/mol. The molecule has 0 saturated carbocycles. The summed E-state index contributed by atoms with van der Waals surface area (Å²) >= 11 is 0. The van der Waals surface area contributed by atoms with Crippen LogP contribution in [-0.4, -0.2) is 48.6 Å². The summed E-state index contributed by atoms with van der Waals surface area (Å²) in [4.78, 5) is 4.35. The maximum absolute atomic E-state index is 13.3. The summed E-state index contributed by atoms with van der Waals surface area (Å²) in [5, 5.41) is 9.68. The molecule has 0 amide bonds. The number of phenolic OH excluding ortho intramolecular Hbond substituents is 1. The standard InChI is InChI=1S/C14H23FN2O/c1-4-8-17(10-9-16(2)3)11-12-6-5-7-13(15)14(12)18/h5-7,18H,4,8-11H2,1-3H3. The Morgan fingerprint density at radius 1 is 1.17 bits per heavy atom. The maximum Gasteiger partial charge on any atom is 0.165 e. The van der Waals surface area contributed by atoms with Crippen LogP contribution in [0.4, 0.5) is 4.39 Å². The summed E-state index contributed by atoms with van der Waals surface area (Å²) in [5.41, 5.74) is 0.655. The number of benzene rings is 1. The molecule has 0 fully saturated rings.